The lowest BCUT2D eigenvalue weighted by Gasteiger charge is -2.10. The molecule has 0 amide bonds. The summed E-state index contributed by atoms with van der Waals surface area (Å²) in [6, 6.07) is 14.1. The molecule has 0 aliphatic carbocycles. The smallest absolute Gasteiger partial charge is 0.141 e. The summed E-state index contributed by atoms with van der Waals surface area (Å²) in [4.78, 5) is 0. The van der Waals surface area contributed by atoms with Crippen molar-refractivity contribution in [2.24, 2.45) is 0 Å². The molecule has 0 unspecified atom stereocenters. The van der Waals surface area contributed by atoms with Gasteiger partial charge in [0.25, 0.3) is 0 Å². The zero-order chi connectivity index (χ0) is 15.1. The molecule has 2 rings (SSSR count). The topological polar surface area (TPSA) is 30.5 Å². The van der Waals surface area contributed by atoms with Gasteiger partial charge in [-0.1, -0.05) is 23.8 Å². The van der Waals surface area contributed by atoms with Crippen molar-refractivity contribution in [2.75, 3.05) is 20.3 Å². The summed E-state index contributed by atoms with van der Waals surface area (Å²) in [5.74, 6) is 1.66. The molecule has 0 fully saturated rings. The molecule has 0 aliphatic rings. The van der Waals surface area contributed by atoms with E-state index in [4.69, 9.17) is 9.47 Å². The van der Waals surface area contributed by atoms with E-state index in [1.807, 2.05) is 30.3 Å². The molecule has 0 aromatic heterocycles. The van der Waals surface area contributed by atoms with Crippen LogP contribution in [0.5, 0.6) is 11.5 Å². The first-order valence-corrected chi connectivity index (χ1v) is 7.71. The van der Waals surface area contributed by atoms with E-state index in [0.717, 1.165) is 35.7 Å². The van der Waals surface area contributed by atoms with E-state index in [9.17, 15) is 0 Å². The highest BCUT2D eigenvalue weighted by molar-refractivity contribution is 9.10. The van der Waals surface area contributed by atoms with Crippen LogP contribution in [0.3, 0.4) is 0 Å². The van der Waals surface area contributed by atoms with Gasteiger partial charge in [-0.3, -0.25) is 0 Å². The fourth-order valence-electron chi connectivity index (χ4n) is 1.88. The molecule has 0 bridgehead atoms. The van der Waals surface area contributed by atoms with E-state index in [0.29, 0.717) is 0 Å². The highest BCUT2D eigenvalue weighted by Gasteiger charge is 2.04. The number of rotatable bonds is 7. The van der Waals surface area contributed by atoms with Crippen LogP contribution in [-0.2, 0) is 11.3 Å². The zero-order valence-corrected chi connectivity index (χ0v) is 13.9. The first kappa shape index (κ1) is 16.0. The van der Waals surface area contributed by atoms with Gasteiger partial charge in [-0.15, -0.1) is 0 Å². The van der Waals surface area contributed by atoms with Crippen molar-refractivity contribution in [2.45, 2.75) is 13.5 Å². The number of nitrogens with one attached hydrogen (secondary N) is 1. The second-order valence-corrected chi connectivity index (χ2v) is 5.70. The minimum atomic E-state index is 0.718. The maximum Gasteiger partial charge on any atom is 0.141 e. The molecule has 0 atom stereocenters. The van der Waals surface area contributed by atoms with E-state index < -0.39 is 0 Å². The van der Waals surface area contributed by atoms with E-state index >= 15 is 0 Å². The van der Waals surface area contributed by atoms with Crippen LogP contribution in [0.2, 0.25) is 0 Å². The van der Waals surface area contributed by atoms with E-state index in [1.54, 1.807) is 7.11 Å². The van der Waals surface area contributed by atoms with E-state index in [1.165, 1.54) is 11.1 Å². The van der Waals surface area contributed by atoms with Crippen molar-refractivity contribution < 1.29 is 9.47 Å². The number of methoxy groups -OCH3 is 1. The maximum atomic E-state index is 5.87. The van der Waals surface area contributed by atoms with Crippen LogP contribution in [0.1, 0.15) is 11.1 Å². The summed E-state index contributed by atoms with van der Waals surface area (Å²) < 4.78 is 11.8. The van der Waals surface area contributed by atoms with E-state index in [2.05, 4.69) is 40.3 Å². The highest BCUT2D eigenvalue weighted by Crippen LogP contribution is 2.30. The molecule has 21 heavy (non-hydrogen) atoms. The molecule has 1 N–H and O–H groups in total. The van der Waals surface area contributed by atoms with Gasteiger partial charge in [-0.05, 0) is 52.7 Å². The zero-order valence-electron chi connectivity index (χ0n) is 12.4. The lowest BCUT2D eigenvalue weighted by atomic mass is 10.2. The molecular weight excluding hydrogens is 330 g/mol. The second kappa shape index (κ2) is 8.17. The summed E-state index contributed by atoms with van der Waals surface area (Å²) in [6.45, 7) is 4.43. The van der Waals surface area contributed by atoms with Gasteiger partial charge in [0.15, 0.2) is 0 Å². The molecule has 2 aromatic rings. The van der Waals surface area contributed by atoms with Gasteiger partial charge in [-0.2, -0.15) is 0 Å². The summed E-state index contributed by atoms with van der Waals surface area (Å²) in [7, 11) is 1.70. The van der Waals surface area contributed by atoms with Gasteiger partial charge in [0, 0.05) is 20.2 Å². The minimum absolute atomic E-state index is 0.718. The summed E-state index contributed by atoms with van der Waals surface area (Å²) in [6.07, 6.45) is 0. The van der Waals surface area contributed by atoms with Gasteiger partial charge in [0.1, 0.15) is 11.5 Å². The quantitative estimate of drug-likeness (QED) is 0.756. The predicted molar refractivity (Wildman–Crippen MR) is 89.0 cm³/mol. The Balaban J connectivity index is 1.97. The highest BCUT2D eigenvalue weighted by atomic mass is 79.9. The van der Waals surface area contributed by atoms with Gasteiger partial charge in [-0.25, -0.2) is 0 Å². The van der Waals surface area contributed by atoms with Crippen molar-refractivity contribution in [3.63, 3.8) is 0 Å². The fourth-order valence-corrected chi connectivity index (χ4v) is 2.38. The van der Waals surface area contributed by atoms with Crippen LogP contribution in [0.25, 0.3) is 0 Å². The molecule has 2 aromatic carbocycles. The molecule has 3 nitrogen and oxygen atoms in total. The Morgan fingerprint density at radius 3 is 2.52 bits per heavy atom. The van der Waals surface area contributed by atoms with Gasteiger partial charge < -0.3 is 14.8 Å². The van der Waals surface area contributed by atoms with Crippen LogP contribution in [-0.4, -0.2) is 20.3 Å². The third-order valence-electron chi connectivity index (χ3n) is 3.06. The van der Waals surface area contributed by atoms with Crippen LogP contribution >= 0.6 is 15.9 Å². The van der Waals surface area contributed by atoms with Crippen molar-refractivity contribution in [3.8, 4) is 11.5 Å². The molecule has 0 heterocycles. The average molecular weight is 350 g/mol. The molecule has 0 radical (unpaired) electrons. The van der Waals surface area contributed by atoms with Crippen molar-refractivity contribution in [3.05, 3.63) is 58.1 Å². The summed E-state index contributed by atoms with van der Waals surface area (Å²) in [5.41, 5.74) is 2.42. The standard InChI is InChI=1S/C17H20BrNO2/c1-13-3-6-15(7-4-13)21-17-8-5-14(11-16(17)18)12-19-9-10-20-2/h3-8,11,19H,9-10,12H2,1-2H3. The van der Waals surface area contributed by atoms with Crippen LogP contribution in [0.15, 0.2) is 46.9 Å². The Bertz CT molecular complexity index is 570. The number of benzene rings is 2. The number of ether oxygens (including phenoxy) is 2. The first-order valence-electron chi connectivity index (χ1n) is 6.91. The molecule has 0 aliphatic heterocycles. The molecule has 112 valence electrons. The molecular formula is C17H20BrNO2. The minimum Gasteiger partial charge on any atom is -0.456 e. The van der Waals surface area contributed by atoms with Crippen LogP contribution in [0.4, 0.5) is 0 Å². The number of halogens is 1. The average Bonchev–Trinajstić information content (AvgIpc) is 2.48. The van der Waals surface area contributed by atoms with Crippen molar-refractivity contribution in [1.82, 2.24) is 5.32 Å². The monoisotopic (exact) mass is 349 g/mol. The number of aryl methyl sites for hydroxylation is 1. The Labute approximate surface area is 134 Å². The van der Waals surface area contributed by atoms with Crippen molar-refractivity contribution >= 4 is 15.9 Å². The van der Waals surface area contributed by atoms with Gasteiger partial charge in [0.2, 0.25) is 0 Å². The summed E-state index contributed by atoms with van der Waals surface area (Å²) in [5, 5.41) is 3.32. The fraction of sp³-hybridized carbons (Fsp3) is 0.294. The second-order valence-electron chi connectivity index (χ2n) is 4.85. The van der Waals surface area contributed by atoms with Crippen molar-refractivity contribution in [1.29, 1.82) is 0 Å². The number of hydrogen-bond donors (Lipinski definition) is 1. The maximum absolute atomic E-state index is 5.87. The van der Waals surface area contributed by atoms with Crippen LogP contribution in [0, 0.1) is 6.92 Å². The normalized spacial score (nSPS) is 10.6. The SMILES string of the molecule is COCCNCc1ccc(Oc2ccc(C)cc2)c(Br)c1. The third-order valence-corrected chi connectivity index (χ3v) is 3.68. The lowest BCUT2D eigenvalue weighted by molar-refractivity contribution is 0.199. The third kappa shape index (κ3) is 5.16. The molecule has 0 saturated carbocycles. The number of hydrogen-bond acceptors (Lipinski definition) is 3. The lowest BCUT2D eigenvalue weighted by Crippen LogP contribution is -2.18. The molecule has 4 heteroatoms. The molecule has 0 saturated heterocycles. The Morgan fingerprint density at radius 2 is 1.86 bits per heavy atom. The summed E-state index contributed by atoms with van der Waals surface area (Å²) >= 11 is 3.56. The first-order chi connectivity index (χ1) is 10.2. The Kier molecular flexibility index (Phi) is 6.23. The predicted octanol–water partition coefficient (Wildman–Crippen LogP) is 4.29. The van der Waals surface area contributed by atoms with Gasteiger partial charge in [0.05, 0.1) is 11.1 Å². The van der Waals surface area contributed by atoms with Crippen LogP contribution < -0.4 is 10.1 Å². The molecule has 0 spiro atoms. The van der Waals surface area contributed by atoms with E-state index in [-0.39, 0.29) is 0 Å². The Hall–Kier alpha value is -1.36. The van der Waals surface area contributed by atoms with Gasteiger partial charge >= 0.3 is 0 Å². The largest absolute Gasteiger partial charge is 0.456 e. The Morgan fingerprint density at radius 1 is 1.10 bits per heavy atom.